The summed E-state index contributed by atoms with van der Waals surface area (Å²) in [6.45, 7) is 7.15. The number of nitrogens with zero attached hydrogens (tertiary/aromatic N) is 1. The lowest BCUT2D eigenvalue weighted by Crippen LogP contribution is -2.54. The molecule has 4 rings (SSSR count). The van der Waals surface area contributed by atoms with Crippen LogP contribution in [0.4, 0.5) is 5.69 Å². The lowest BCUT2D eigenvalue weighted by Gasteiger charge is -2.41. The molecule has 1 aliphatic heterocycles. The van der Waals surface area contributed by atoms with Crippen molar-refractivity contribution < 1.29 is 18.0 Å². The number of amides is 2. The van der Waals surface area contributed by atoms with Crippen molar-refractivity contribution in [2.75, 3.05) is 5.32 Å². The van der Waals surface area contributed by atoms with Crippen molar-refractivity contribution in [2.45, 2.75) is 49.7 Å². The van der Waals surface area contributed by atoms with E-state index in [0.717, 1.165) is 10.9 Å². The molecule has 0 aliphatic carbocycles. The molecule has 2 atom stereocenters. The molecular formula is C25H28N4O4S. The molecule has 0 bridgehead atoms. The number of piperidine rings is 1. The van der Waals surface area contributed by atoms with Crippen LogP contribution in [0.1, 0.15) is 37.2 Å². The Kier molecular flexibility index (Phi) is 6.58. The maximum atomic E-state index is 13.4. The van der Waals surface area contributed by atoms with Crippen molar-refractivity contribution in [1.29, 1.82) is 0 Å². The van der Waals surface area contributed by atoms with E-state index in [1.807, 2.05) is 38.1 Å². The van der Waals surface area contributed by atoms with Crippen LogP contribution in [0.5, 0.6) is 0 Å². The summed E-state index contributed by atoms with van der Waals surface area (Å²) in [6.07, 6.45) is 2.25. The van der Waals surface area contributed by atoms with Crippen LogP contribution in [-0.4, -0.2) is 47.6 Å². The molecule has 0 saturated carbocycles. The molecule has 1 saturated heterocycles. The number of H-pyrrole nitrogens is 1. The predicted octanol–water partition coefficient (Wildman–Crippen LogP) is 3.65. The second kappa shape index (κ2) is 9.44. The first-order valence-electron chi connectivity index (χ1n) is 11.1. The third-order valence-electron chi connectivity index (χ3n) is 6.11. The van der Waals surface area contributed by atoms with Gasteiger partial charge in [0.1, 0.15) is 5.69 Å². The third-order valence-corrected chi connectivity index (χ3v) is 8.26. The van der Waals surface area contributed by atoms with Crippen LogP contribution >= 0.6 is 0 Å². The molecule has 3 aromatic rings. The van der Waals surface area contributed by atoms with Crippen LogP contribution in [0.25, 0.3) is 10.9 Å². The van der Waals surface area contributed by atoms with Gasteiger partial charge in [-0.2, -0.15) is 4.31 Å². The van der Waals surface area contributed by atoms with Crippen molar-refractivity contribution in [2.24, 2.45) is 0 Å². The Labute approximate surface area is 199 Å². The van der Waals surface area contributed by atoms with Crippen molar-refractivity contribution in [1.82, 2.24) is 14.6 Å². The molecule has 0 spiro atoms. The lowest BCUT2D eigenvalue weighted by atomic mass is 9.95. The highest BCUT2D eigenvalue weighted by atomic mass is 32.2. The second-order valence-corrected chi connectivity index (χ2v) is 10.5. The zero-order valence-corrected chi connectivity index (χ0v) is 19.9. The number of hydrogen-bond donors (Lipinski definition) is 3. The Morgan fingerprint density at radius 2 is 1.71 bits per heavy atom. The monoisotopic (exact) mass is 480 g/mol. The van der Waals surface area contributed by atoms with E-state index in [-0.39, 0.29) is 34.8 Å². The minimum Gasteiger partial charge on any atom is -0.351 e. The van der Waals surface area contributed by atoms with Gasteiger partial charge in [-0.15, -0.1) is 0 Å². The molecule has 2 unspecified atom stereocenters. The Morgan fingerprint density at radius 3 is 2.32 bits per heavy atom. The van der Waals surface area contributed by atoms with Crippen LogP contribution in [0, 0.1) is 0 Å². The molecule has 34 heavy (non-hydrogen) atoms. The number of nitrogens with one attached hydrogen (secondary N) is 3. The Morgan fingerprint density at radius 1 is 1.06 bits per heavy atom. The molecule has 2 aromatic carbocycles. The number of anilines is 1. The smallest absolute Gasteiger partial charge is 0.272 e. The van der Waals surface area contributed by atoms with Crippen LogP contribution in [0.2, 0.25) is 0 Å². The van der Waals surface area contributed by atoms with Crippen molar-refractivity contribution in [3.8, 4) is 0 Å². The number of aromatic nitrogens is 1. The molecule has 1 fully saturated rings. The highest BCUT2D eigenvalue weighted by Crippen LogP contribution is 2.30. The summed E-state index contributed by atoms with van der Waals surface area (Å²) in [5.74, 6) is -0.566. The SMILES string of the molecule is C=CC(=O)NC1CC(C)N(S(=O)(=O)c2ccc(NC(=O)c3cc4ccccc4[nH]3)cc2)C(C)C1. The Hall–Kier alpha value is -3.43. The standard InChI is InChI=1S/C25H28N4O4S/c1-4-24(30)26-20-13-16(2)29(17(3)14-20)34(32,33)21-11-9-19(10-12-21)27-25(31)23-15-18-7-5-6-8-22(18)28-23/h4-12,15-17,20,28H,1,13-14H2,2-3H3,(H,26,30)(H,27,31). The molecule has 8 nitrogen and oxygen atoms in total. The first kappa shape index (κ1) is 23.7. The number of hydrogen-bond acceptors (Lipinski definition) is 4. The van der Waals surface area contributed by atoms with Gasteiger partial charge in [0.25, 0.3) is 5.91 Å². The van der Waals surface area contributed by atoms with E-state index in [4.69, 9.17) is 0 Å². The average Bonchev–Trinajstić information content (AvgIpc) is 3.23. The van der Waals surface area contributed by atoms with E-state index in [1.165, 1.54) is 22.5 Å². The fourth-order valence-corrected chi connectivity index (χ4v) is 6.48. The van der Waals surface area contributed by atoms with E-state index in [2.05, 4.69) is 22.2 Å². The molecule has 2 heterocycles. The van der Waals surface area contributed by atoms with Gasteiger partial charge in [0, 0.05) is 34.7 Å². The average molecular weight is 481 g/mol. The first-order chi connectivity index (χ1) is 16.2. The van der Waals surface area contributed by atoms with Crippen LogP contribution in [0.15, 0.2) is 72.1 Å². The molecule has 1 aliphatic rings. The number of sulfonamides is 1. The van der Waals surface area contributed by atoms with Crippen molar-refractivity contribution in [3.63, 3.8) is 0 Å². The van der Waals surface area contributed by atoms with Gasteiger partial charge in [-0.25, -0.2) is 8.42 Å². The highest BCUT2D eigenvalue weighted by Gasteiger charge is 2.39. The van der Waals surface area contributed by atoms with Crippen LogP contribution in [0.3, 0.4) is 0 Å². The number of carbonyl (C=O) groups is 2. The zero-order valence-electron chi connectivity index (χ0n) is 19.1. The summed E-state index contributed by atoms with van der Waals surface area (Å²) in [7, 11) is -3.75. The molecule has 178 valence electrons. The molecular weight excluding hydrogens is 452 g/mol. The lowest BCUT2D eigenvalue weighted by molar-refractivity contribution is -0.117. The fraction of sp³-hybridized carbons (Fsp3) is 0.280. The summed E-state index contributed by atoms with van der Waals surface area (Å²) >= 11 is 0. The number of carbonyl (C=O) groups excluding carboxylic acids is 2. The molecule has 2 amide bonds. The normalized spacial score (nSPS) is 21.2. The predicted molar refractivity (Wildman–Crippen MR) is 132 cm³/mol. The van der Waals surface area contributed by atoms with E-state index < -0.39 is 10.0 Å². The van der Waals surface area contributed by atoms with E-state index in [9.17, 15) is 18.0 Å². The zero-order chi connectivity index (χ0) is 24.5. The van der Waals surface area contributed by atoms with Crippen LogP contribution < -0.4 is 10.6 Å². The quantitative estimate of drug-likeness (QED) is 0.468. The molecule has 3 N–H and O–H groups in total. The van der Waals surface area contributed by atoms with Crippen molar-refractivity contribution in [3.05, 3.63) is 72.9 Å². The van der Waals surface area contributed by atoms with E-state index in [0.29, 0.717) is 24.2 Å². The summed E-state index contributed by atoms with van der Waals surface area (Å²) < 4.78 is 28.3. The van der Waals surface area contributed by atoms with Gasteiger partial charge >= 0.3 is 0 Å². The molecule has 9 heteroatoms. The number of rotatable bonds is 6. The molecule has 0 radical (unpaired) electrons. The Bertz CT molecular complexity index is 1290. The fourth-order valence-electron chi connectivity index (χ4n) is 4.64. The summed E-state index contributed by atoms with van der Waals surface area (Å²) in [6, 6.07) is 14.9. The van der Waals surface area contributed by atoms with Gasteiger partial charge < -0.3 is 15.6 Å². The summed E-state index contributed by atoms with van der Waals surface area (Å²) in [5, 5.41) is 6.60. The number of para-hydroxylation sites is 1. The van der Waals surface area contributed by atoms with Gasteiger partial charge in [-0.3, -0.25) is 9.59 Å². The van der Waals surface area contributed by atoms with Crippen molar-refractivity contribution >= 4 is 38.4 Å². The topological polar surface area (TPSA) is 111 Å². The number of aromatic amines is 1. The minimum atomic E-state index is -3.75. The van der Waals surface area contributed by atoms with Gasteiger partial charge in [0.05, 0.1) is 4.90 Å². The number of benzene rings is 2. The van der Waals surface area contributed by atoms with Gasteiger partial charge in [-0.1, -0.05) is 24.8 Å². The maximum Gasteiger partial charge on any atom is 0.272 e. The van der Waals surface area contributed by atoms with Gasteiger partial charge in [-0.05, 0) is 69.2 Å². The van der Waals surface area contributed by atoms with E-state index >= 15 is 0 Å². The van der Waals surface area contributed by atoms with Gasteiger partial charge in [0.15, 0.2) is 0 Å². The highest BCUT2D eigenvalue weighted by molar-refractivity contribution is 7.89. The largest absolute Gasteiger partial charge is 0.351 e. The van der Waals surface area contributed by atoms with E-state index in [1.54, 1.807) is 18.2 Å². The Balaban J connectivity index is 1.46. The third kappa shape index (κ3) is 4.76. The summed E-state index contributed by atoms with van der Waals surface area (Å²) in [5.41, 5.74) is 1.78. The van der Waals surface area contributed by atoms with Crippen LogP contribution in [-0.2, 0) is 14.8 Å². The molecule has 1 aromatic heterocycles. The second-order valence-electron chi connectivity index (χ2n) is 8.66. The minimum absolute atomic E-state index is 0.107. The van der Waals surface area contributed by atoms with Gasteiger partial charge in [0.2, 0.25) is 15.9 Å². The number of fused-ring (bicyclic) bond motifs is 1. The summed E-state index contributed by atoms with van der Waals surface area (Å²) in [4.78, 5) is 27.5. The first-order valence-corrected chi connectivity index (χ1v) is 12.6. The maximum absolute atomic E-state index is 13.4.